The second-order valence-corrected chi connectivity index (χ2v) is 7.03. The molecule has 0 aliphatic carbocycles. The van der Waals surface area contributed by atoms with Gasteiger partial charge in [0.25, 0.3) is 5.24 Å². The monoisotopic (exact) mass is 373 g/mol. The van der Waals surface area contributed by atoms with E-state index in [2.05, 4.69) is 5.32 Å². The van der Waals surface area contributed by atoms with Crippen LogP contribution in [-0.2, 0) is 11.0 Å². The first-order valence-electron chi connectivity index (χ1n) is 6.66. The summed E-state index contributed by atoms with van der Waals surface area (Å²) >= 11 is 1.67. The normalized spacial score (nSPS) is 18.1. The van der Waals surface area contributed by atoms with E-state index in [1.807, 2.05) is 0 Å². The van der Waals surface area contributed by atoms with E-state index >= 15 is 0 Å². The lowest BCUT2D eigenvalue weighted by Gasteiger charge is -2.15. The highest BCUT2D eigenvalue weighted by atomic mass is 32.2. The average Bonchev–Trinajstić information content (AvgIpc) is 2.82. The Labute approximate surface area is 143 Å². The van der Waals surface area contributed by atoms with Crippen LogP contribution in [-0.4, -0.2) is 22.8 Å². The molecule has 0 aromatic heterocycles. The van der Waals surface area contributed by atoms with Gasteiger partial charge in [-0.2, -0.15) is 13.2 Å². The number of hydrogen-bond donors (Lipinski definition) is 1. The quantitative estimate of drug-likeness (QED) is 0.871. The van der Waals surface area contributed by atoms with Crippen molar-refractivity contribution in [1.29, 1.82) is 0 Å². The van der Waals surface area contributed by atoms with Gasteiger partial charge in [0, 0.05) is 16.7 Å². The fourth-order valence-electron chi connectivity index (χ4n) is 2.38. The van der Waals surface area contributed by atoms with Crippen LogP contribution in [0.4, 0.5) is 18.0 Å². The smallest absolute Gasteiger partial charge is 0.420 e. The maximum Gasteiger partial charge on any atom is 0.420 e. The maximum absolute atomic E-state index is 13.3. The zero-order valence-corrected chi connectivity index (χ0v) is 13.8. The number of nitrogens with one attached hydrogen (secondary N) is 1. The molecule has 9 heteroatoms. The number of thioether (sulfide) groups is 2. The van der Waals surface area contributed by atoms with Crippen molar-refractivity contribution in [2.45, 2.75) is 16.4 Å². The van der Waals surface area contributed by atoms with Crippen LogP contribution < -0.4 is 10.1 Å². The fraction of sp³-hybridized carbons (Fsp3) is 0.200. The van der Waals surface area contributed by atoms with Crippen molar-refractivity contribution < 1.29 is 27.5 Å². The molecule has 1 fully saturated rings. The molecule has 1 atom stereocenters. The zero-order valence-electron chi connectivity index (χ0n) is 12.1. The third kappa shape index (κ3) is 3.18. The molecule has 4 nitrogen and oxygen atoms in total. The summed E-state index contributed by atoms with van der Waals surface area (Å²) in [6.45, 7) is 0. The molecule has 1 unspecified atom stereocenters. The minimum atomic E-state index is -4.55. The summed E-state index contributed by atoms with van der Waals surface area (Å²) in [5, 5.41) is 1.39. The van der Waals surface area contributed by atoms with E-state index in [1.165, 1.54) is 31.4 Å². The van der Waals surface area contributed by atoms with Gasteiger partial charge in [-0.3, -0.25) is 9.59 Å². The summed E-state index contributed by atoms with van der Waals surface area (Å²) in [5.74, 6) is -0.245. The Morgan fingerprint density at radius 3 is 2.54 bits per heavy atom. The number of carbonyl (C=O) groups is 2. The van der Waals surface area contributed by atoms with Gasteiger partial charge >= 0.3 is 6.18 Å². The van der Waals surface area contributed by atoms with E-state index in [0.29, 0.717) is 22.0 Å². The summed E-state index contributed by atoms with van der Waals surface area (Å²) in [6.07, 6.45) is -4.55. The Morgan fingerprint density at radius 1 is 1.21 bits per heavy atom. The number of ether oxygens (including phenoxy) is 1. The first kappa shape index (κ1) is 17.0. The van der Waals surface area contributed by atoms with Crippen molar-refractivity contribution in [2.75, 3.05) is 7.11 Å². The molecule has 126 valence electrons. The van der Waals surface area contributed by atoms with E-state index in [-0.39, 0.29) is 16.3 Å². The minimum Gasteiger partial charge on any atom is -0.496 e. The van der Waals surface area contributed by atoms with Crippen LogP contribution in [0.1, 0.15) is 5.56 Å². The molecule has 2 aromatic carbocycles. The molecule has 0 bridgehead atoms. The van der Waals surface area contributed by atoms with Gasteiger partial charge in [-0.05, 0) is 29.0 Å². The number of amides is 1. The average molecular weight is 373 g/mol. The predicted molar refractivity (Wildman–Crippen MR) is 86.3 cm³/mol. The van der Waals surface area contributed by atoms with Crippen LogP contribution in [0.5, 0.6) is 5.75 Å². The maximum atomic E-state index is 13.3. The highest BCUT2D eigenvalue weighted by Crippen LogP contribution is 2.42. The Balaban J connectivity index is 2.01. The number of alkyl halides is 3. The second-order valence-electron chi connectivity index (χ2n) is 4.87. The van der Waals surface area contributed by atoms with E-state index in [4.69, 9.17) is 4.74 Å². The number of benzene rings is 2. The van der Waals surface area contributed by atoms with Crippen LogP contribution in [0.15, 0.2) is 35.2 Å². The van der Waals surface area contributed by atoms with Crippen molar-refractivity contribution in [3.63, 3.8) is 0 Å². The summed E-state index contributed by atoms with van der Waals surface area (Å²) in [4.78, 5) is 23.4. The third-order valence-corrected chi connectivity index (χ3v) is 5.35. The molecule has 1 saturated heterocycles. The molecular weight excluding hydrogens is 363 g/mol. The van der Waals surface area contributed by atoms with Crippen LogP contribution in [0.25, 0.3) is 10.8 Å². The first-order chi connectivity index (χ1) is 11.3. The molecule has 1 aliphatic rings. The predicted octanol–water partition coefficient (Wildman–Crippen LogP) is 4.27. The molecule has 1 heterocycles. The lowest BCUT2D eigenvalue weighted by atomic mass is 10.0. The molecule has 0 spiro atoms. The van der Waals surface area contributed by atoms with E-state index in [1.54, 1.807) is 6.07 Å². The highest BCUT2D eigenvalue weighted by Gasteiger charge is 2.36. The van der Waals surface area contributed by atoms with E-state index in [9.17, 15) is 22.8 Å². The molecule has 3 rings (SSSR count). The molecule has 0 radical (unpaired) electrons. The van der Waals surface area contributed by atoms with Gasteiger partial charge in [0.1, 0.15) is 11.3 Å². The number of fused-ring (bicyclic) bond motifs is 1. The number of hydrogen-bond acceptors (Lipinski definition) is 5. The Kier molecular flexibility index (Phi) is 4.39. The molecule has 1 N–H and O–H groups in total. The zero-order chi connectivity index (χ0) is 17.5. The molecule has 0 saturated carbocycles. The van der Waals surface area contributed by atoms with Crippen LogP contribution in [0.3, 0.4) is 0 Å². The molecule has 2 aromatic rings. The highest BCUT2D eigenvalue weighted by molar-refractivity contribution is 8.28. The molecule has 1 aliphatic heterocycles. The summed E-state index contributed by atoms with van der Waals surface area (Å²) < 4.78 is 44.7. The summed E-state index contributed by atoms with van der Waals surface area (Å²) in [7, 11) is 1.19. The number of halogens is 3. The van der Waals surface area contributed by atoms with Gasteiger partial charge < -0.3 is 10.1 Å². The van der Waals surface area contributed by atoms with Crippen molar-refractivity contribution in [2.24, 2.45) is 0 Å². The van der Waals surface area contributed by atoms with E-state index < -0.39 is 22.4 Å². The van der Waals surface area contributed by atoms with Gasteiger partial charge in [-0.1, -0.05) is 23.9 Å². The Hall–Kier alpha value is -1.87. The van der Waals surface area contributed by atoms with Gasteiger partial charge in [0.15, 0.2) is 5.37 Å². The topological polar surface area (TPSA) is 55.4 Å². The van der Waals surface area contributed by atoms with Crippen molar-refractivity contribution >= 4 is 44.7 Å². The SMILES string of the molecule is COc1ccc2cc(SC3NC(=O)SC3=O)ccc2c1C(F)(F)F. The van der Waals surface area contributed by atoms with Crippen LogP contribution in [0, 0.1) is 0 Å². The summed E-state index contributed by atoms with van der Waals surface area (Å²) in [5.41, 5.74) is -0.833. The van der Waals surface area contributed by atoms with Gasteiger partial charge in [-0.25, -0.2) is 0 Å². The molecule has 24 heavy (non-hydrogen) atoms. The minimum absolute atomic E-state index is 0.0161. The second kappa shape index (κ2) is 6.21. The van der Waals surface area contributed by atoms with E-state index in [0.717, 1.165) is 11.8 Å². The molecule has 1 amide bonds. The number of rotatable bonds is 3. The molecular formula is C15H10F3NO3S2. The van der Waals surface area contributed by atoms with Crippen molar-refractivity contribution in [3.8, 4) is 5.75 Å². The van der Waals surface area contributed by atoms with Crippen LogP contribution in [0.2, 0.25) is 0 Å². The Bertz CT molecular complexity index is 839. The van der Waals surface area contributed by atoms with Crippen molar-refractivity contribution in [1.82, 2.24) is 5.32 Å². The summed E-state index contributed by atoms with van der Waals surface area (Å²) in [6, 6.07) is 7.17. The number of methoxy groups -OCH3 is 1. The standard InChI is InChI=1S/C15H10F3NO3S2/c1-22-10-5-2-7-6-8(23-12-13(20)24-14(21)19-12)3-4-9(7)11(10)15(16,17)18/h2-6,12H,1H3,(H,19,21). The Morgan fingerprint density at radius 2 is 1.96 bits per heavy atom. The third-order valence-electron chi connectivity index (χ3n) is 3.37. The van der Waals surface area contributed by atoms with Gasteiger partial charge in [0.2, 0.25) is 5.12 Å². The lowest BCUT2D eigenvalue weighted by molar-refractivity contribution is -0.137. The number of carbonyl (C=O) groups excluding carboxylic acids is 2. The largest absolute Gasteiger partial charge is 0.496 e. The van der Waals surface area contributed by atoms with Gasteiger partial charge in [-0.15, -0.1) is 0 Å². The van der Waals surface area contributed by atoms with Gasteiger partial charge in [0.05, 0.1) is 7.11 Å². The first-order valence-corrected chi connectivity index (χ1v) is 8.36. The van der Waals surface area contributed by atoms with Crippen LogP contribution >= 0.6 is 23.5 Å². The fourth-order valence-corrected chi connectivity index (χ4v) is 4.14. The lowest BCUT2D eigenvalue weighted by Crippen LogP contribution is -2.24. The van der Waals surface area contributed by atoms with Crippen molar-refractivity contribution in [3.05, 3.63) is 35.9 Å².